The molecule has 0 bridgehead atoms. The van der Waals surface area contributed by atoms with Crippen LogP contribution in [0.3, 0.4) is 0 Å². The number of esters is 1. The number of hydrogen-bond acceptors (Lipinski definition) is 5. The molecule has 16 heavy (non-hydrogen) atoms. The Morgan fingerprint density at radius 2 is 1.94 bits per heavy atom. The van der Waals surface area contributed by atoms with Crippen LogP contribution in [-0.4, -0.2) is 45.0 Å². The van der Waals surface area contributed by atoms with E-state index in [0.717, 1.165) is 0 Å². The average molecular weight is 231 g/mol. The molecular weight excluding hydrogens is 214 g/mol. The molecule has 1 fully saturated rings. The third kappa shape index (κ3) is 2.17. The summed E-state index contributed by atoms with van der Waals surface area (Å²) in [5.74, 6) is -2.28. The maximum absolute atomic E-state index is 11.8. The lowest BCUT2D eigenvalue weighted by Crippen LogP contribution is -2.57. The molecule has 6 heteroatoms. The van der Waals surface area contributed by atoms with Crippen LogP contribution in [0.5, 0.6) is 0 Å². The highest BCUT2D eigenvalue weighted by Crippen LogP contribution is 2.30. The van der Waals surface area contributed by atoms with Crippen molar-refractivity contribution in [2.24, 2.45) is 0 Å². The topological polar surface area (TPSA) is 87.1 Å². The molecule has 0 amide bonds. The Balaban J connectivity index is 2.95. The predicted octanol–water partition coefficient (Wildman–Crippen LogP) is 0.637. The minimum absolute atomic E-state index is 0.0632. The zero-order chi connectivity index (χ0) is 12.6. The zero-order valence-corrected chi connectivity index (χ0v) is 9.69. The number of carbonyl (C=O) groups is 2. The van der Waals surface area contributed by atoms with Gasteiger partial charge in [-0.05, 0) is 33.6 Å². The second kappa shape index (κ2) is 4.03. The van der Waals surface area contributed by atoms with Gasteiger partial charge in [0.1, 0.15) is 5.60 Å². The highest BCUT2D eigenvalue weighted by atomic mass is 16.6. The number of hydroxylamine groups is 2. The third-order valence-corrected chi connectivity index (χ3v) is 2.44. The van der Waals surface area contributed by atoms with Crippen LogP contribution in [0.15, 0.2) is 0 Å². The van der Waals surface area contributed by atoms with E-state index in [4.69, 9.17) is 9.84 Å². The summed E-state index contributed by atoms with van der Waals surface area (Å²) < 4.78 is 5.04. The molecule has 0 aromatic rings. The van der Waals surface area contributed by atoms with Gasteiger partial charge in [0.15, 0.2) is 0 Å². The Hall–Kier alpha value is -1.14. The van der Waals surface area contributed by atoms with Gasteiger partial charge in [0, 0.05) is 6.54 Å². The zero-order valence-electron chi connectivity index (χ0n) is 9.69. The molecule has 1 rings (SSSR count). The van der Waals surface area contributed by atoms with E-state index in [1.165, 1.54) is 0 Å². The summed E-state index contributed by atoms with van der Waals surface area (Å²) in [5.41, 5.74) is -2.71. The molecule has 92 valence electrons. The van der Waals surface area contributed by atoms with E-state index in [1.807, 2.05) is 0 Å². The van der Waals surface area contributed by atoms with E-state index >= 15 is 0 Å². The molecule has 1 aliphatic heterocycles. The molecule has 1 aliphatic rings. The van der Waals surface area contributed by atoms with Gasteiger partial charge >= 0.3 is 11.9 Å². The van der Waals surface area contributed by atoms with Gasteiger partial charge in [0.2, 0.25) is 5.54 Å². The van der Waals surface area contributed by atoms with Crippen LogP contribution >= 0.6 is 0 Å². The molecule has 0 spiro atoms. The number of carbonyl (C=O) groups excluding carboxylic acids is 1. The molecule has 0 radical (unpaired) electrons. The summed E-state index contributed by atoms with van der Waals surface area (Å²) in [6.07, 6.45) is 0.510. The van der Waals surface area contributed by atoms with E-state index in [2.05, 4.69) is 0 Å². The Bertz CT molecular complexity index is 309. The van der Waals surface area contributed by atoms with Crippen LogP contribution < -0.4 is 0 Å². The fourth-order valence-corrected chi connectivity index (χ4v) is 1.68. The summed E-state index contributed by atoms with van der Waals surface area (Å²) in [6, 6.07) is 0. The van der Waals surface area contributed by atoms with Crippen LogP contribution in [0, 0.1) is 0 Å². The summed E-state index contributed by atoms with van der Waals surface area (Å²) in [7, 11) is 0. The van der Waals surface area contributed by atoms with Crippen molar-refractivity contribution in [1.29, 1.82) is 0 Å². The van der Waals surface area contributed by atoms with Crippen LogP contribution in [-0.2, 0) is 14.3 Å². The second-order valence-corrected chi connectivity index (χ2v) is 4.89. The summed E-state index contributed by atoms with van der Waals surface area (Å²) in [5, 5.41) is 19.2. The minimum Gasteiger partial charge on any atom is -0.479 e. The molecule has 0 aromatic carbocycles. The number of ether oxygens (including phenoxy) is 1. The molecule has 0 unspecified atom stereocenters. The van der Waals surface area contributed by atoms with Gasteiger partial charge in [-0.2, -0.15) is 5.06 Å². The van der Waals surface area contributed by atoms with Crippen molar-refractivity contribution >= 4 is 11.9 Å². The molecule has 1 atom stereocenters. The van der Waals surface area contributed by atoms with Crippen LogP contribution in [0.2, 0.25) is 0 Å². The second-order valence-electron chi connectivity index (χ2n) is 4.89. The minimum atomic E-state index is -1.94. The van der Waals surface area contributed by atoms with Gasteiger partial charge in [-0.3, -0.25) is 0 Å². The predicted molar refractivity (Wildman–Crippen MR) is 53.9 cm³/mol. The number of nitrogens with zero attached hydrogens (tertiary/aromatic N) is 1. The quantitative estimate of drug-likeness (QED) is 0.535. The first kappa shape index (κ1) is 12.9. The summed E-state index contributed by atoms with van der Waals surface area (Å²) in [6.45, 7) is 5.11. The van der Waals surface area contributed by atoms with Gasteiger partial charge in [-0.1, -0.05) is 0 Å². The van der Waals surface area contributed by atoms with E-state index < -0.39 is 23.1 Å². The van der Waals surface area contributed by atoms with E-state index in [1.54, 1.807) is 20.8 Å². The van der Waals surface area contributed by atoms with Crippen molar-refractivity contribution in [3.63, 3.8) is 0 Å². The van der Waals surface area contributed by atoms with Crippen LogP contribution in [0.25, 0.3) is 0 Å². The molecule has 0 aliphatic carbocycles. The maximum atomic E-state index is 11.8. The van der Waals surface area contributed by atoms with Crippen molar-refractivity contribution < 1.29 is 24.6 Å². The van der Waals surface area contributed by atoms with Gasteiger partial charge in [0.25, 0.3) is 0 Å². The highest BCUT2D eigenvalue weighted by Gasteiger charge is 2.56. The monoisotopic (exact) mass is 231 g/mol. The standard InChI is InChI=1S/C10H17NO5/c1-9(2,3)16-8(14)10(7(12)13)5-4-6-11(10)15/h15H,4-6H2,1-3H3,(H,12,13)/t10-/m0/s1. The van der Waals surface area contributed by atoms with Crippen LogP contribution in [0.1, 0.15) is 33.6 Å². The fourth-order valence-electron chi connectivity index (χ4n) is 1.68. The SMILES string of the molecule is CC(C)(C)OC(=O)[C@@]1(C(=O)O)CCCN1O. The lowest BCUT2D eigenvalue weighted by atomic mass is 9.97. The lowest BCUT2D eigenvalue weighted by molar-refractivity contribution is -0.206. The maximum Gasteiger partial charge on any atom is 0.341 e. The Labute approximate surface area is 93.8 Å². The smallest absolute Gasteiger partial charge is 0.341 e. The fraction of sp³-hybridized carbons (Fsp3) is 0.800. The van der Waals surface area contributed by atoms with Gasteiger partial charge < -0.3 is 15.1 Å². The molecule has 1 heterocycles. The lowest BCUT2D eigenvalue weighted by Gasteiger charge is -2.31. The first-order chi connectivity index (χ1) is 7.20. The summed E-state index contributed by atoms with van der Waals surface area (Å²) >= 11 is 0. The number of hydrogen-bond donors (Lipinski definition) is 2. The first-order valence-electron chi connectivity index (χ1n) is 5.13. The van der Waals surface area contributed by atoms with Crippen molar-refractivity contribution in [2.75, 3.05) is 6.54 Å². The average Bonchev–Trinajstić information content (AvgIpc) is 2.44. The molecule has 1 saturated heterocycles. The number of carboxylic acids is 1. The van der Waals surface area contributed by atoms with Crippen molar-refractivity contribution in [3.05, 3.63) is 0 Å². The number of rotatable bonds is 2. The van der Waals surface area contributed by atoms with E-state index in [9.17, 15) is 14.8 Å². The third-order valence-electron chi connectivity index (χ3n) is 2.44. The Morgan fingerprint density at radius 1 is 1.38 bits per heavy atom. The molecule has 2 N–H and O–H groups in total. The van der Waals surface area contributed by atoms with E-state index in [-0.39, 0.29) is 13.0 Å². The van der Waals surface area contributed by atoms with Gasteiger partial charge in [-0.25, -0.2) is 9.59 Å². The van der Waals surface area contributed by atoms with Crippen molar-refractivity contribution in [1.82, 2.24) is 5.06 Å². The van der Waals surface area contributed by atoms with Crippen LogP contribution in [0.4, 0.5) is 0 Å². The van der Waals surface area contributed by atoms with Gasteiger partial charge in [0.05, 0.1) is 0 Å². The molecule has 0 aromatic heterocycles. The Kier molecular flexibility index (Phi) is 3.25. The first-order valence-corrected chi connectivity index (χ1v) is 5.13. The van der Waals surface area contributed by atoms with Crippen molar-refractivity contribution in [3.8, 4) is 0 Å². The number of aliphatic carboxylic acids is 1. The normalized spacial score (nSPS) is 26.8. The summed E-state index contributed by atoms with van der Waals surface area (Å²) in [4.78, 5) is 23.0. The highest BCUT2D eigenvalue weighted by molar-refractivity contribution is 6.04. The van der Waals surface area contributed by atoms with E-state index in [0.29, 0.717) is 11.5 Å². The molecule has 6 nitrogen and oxygen atoms in total. The Morgan fingerprint density at radius 3 is 2.25 bits per heavy atom. The number of carboxylic acid groups (broad SMARTS) is 1. The van der Waals surface area contributed by atoms with Crippen molar-refractivity contribution in [2.45, 2.75) is 44.8 Å². The molecule has 0 saturated carbocycles. The van der Waals surface area contributed by atoms with Gasteiger partial charge in [-0.15, -0.1) is 0 Å². The largest absolute Gasteiger partial charge is 0.479 e. The molecular formula is C10H17NO5.